The molecule has 0 radical (unpaired) electrons. The molecular weight excluding hydrogens is 166 g/mol. The zero-order valence-electron chi connectivity index (χ0n) is 8.24. The Kier molecular flexibility index (Phi) is 2.52. The van der Waals surface area contributed by atoms with Crippen molar-refractivity contribution in [2.75, 3.05) is 0 Å². The van der Waals surface area contributed by atoms with E-state index in [1.165, 1.54) is 10.7 Å². The van der Waals surface area contributed by atoms with Gasteiger partial charge in [0.25, 0.3) is 5.56 Å². The molecule has 4 heteroatoms. The van der Waals surface area contributed by atoms with Crippen LogP contribution in [-0.2, 0) is 6.54 Å². The van der Waals surface area contributed by atoms with Gasteiger partial charge in [-0.15, -0.1) is 0 Å². The lowest BCUT2D eigenvalue weighted by Crippen LogP contribution is -2.41. The van der Waals surface area contributed by atoms with Crippen molar-refractivity contribution in [2.45, 2.75) is 32.9 Å². The monoisotopic (exact) mass is 181 g/mol. The van der Waals surface area contributed by atoms with Gasteiger partial charge in [0.15, 0.2) is 0 Å². The summed E-state index contributed by atoms with van der Waals surface area (Å²) in [7, 11) is 0. The van der Waals surface area contributed by atoms with Gasteiger partial charge in [-0.05, 0) is 26.8 Å². The normalized spacial score (nSPS) is 11.7. The molecule has 4 nitrogen and oxygen atoms in total. The van der Waals surface area contributed by atoms with Crippen LogP contribution < -0.4 is 11.3 Å². The molecular formula is C9H15N3O. The highest BCUT2D eigenvalue weighted by molar-refractivity contribution is 4.97. The summed E-state index contributed by atoms with van der Waals surface area (Å²) in [5, 5.41) is 4.08. The minimum absolute atomic E-state index is 0.107. The molecule has 0 unspecified atom stereocenters. The summed E-state index contributed by atoms with van der Waals surface area (Å²) in [4.78, 5) is 11.3. The maximum Gasteiger partial charge on any atom is 0.266 e. The number of nitrogens with zero attached hydrogens (tertiary/aromatic N) is 2. The van der Waals surface area contributed by atoms with Crippen molar-refractivity contribution >= 4 is 0 Å². The third-order valence-corrected chi connectivity index (χ3v) is 1.56. The summed E-state index contributed by atoms with van der Waals surface area (Å²) in [6.07, 6.45) is 0. The van der Waals surface area contributed by atoms with E-state index in [4.69, 9.17) is 5.73 Å². The van der Waals surface area contributed by atoms with Crippen molar-refractivity contribution < 1.29 is 0 Å². The van der Waals surface area contributed by atoms with Crippen LogP contribution in [0.5, 0.6) is 0 Å². The second-order valence-electron chi connectivity index (χ2n) is 3.96. The highest BCUT2D eigenvalue weighted by Gasteiger charge is 2.12. The SMILES string of the molecule is Cc1ccc(=O)n(CC(C)(C)N)n1. The maximum atomic E-state index is 11.3. The Hall–Kier alpha value is -1.16. The predicted octanol–water partition coefficient (Wildman–Crippen LogP) is 0.289. The fourth-order valence-electron chi connectivity index (χ4n) is 1.05. The van der Waals surface area contributed by atoms with Crippen LogP contribution in [0.25, 0.3) is 0 Å². The van der Waals surface area contributed by atoms with Gasteiger partial charge in [-0.2, -0.15) is 5.10 Å². The first kappa shape index (κ1) is 9.92. The molecule has 0 atom stereocenters. The van der Waals surface area contributed by atoms with Gasteiger partial charge in [0.05, 0.1) is 12.2 Å². The van der Waals surface area contributed by atoms with Crippen molar-refractivity contribution in [1.82, 2.24) is 9.78 Å². The van der Waals surface area contributed by atoms with E-state index in [9.17, 15) is 4.79 Å². The molecule has 72 valence electrons. The Morgan fingerprint density at radius 2 is 2.15 bits per heavy atom. The van der Waals surface area contributed by atoms with Crippen LogP contribution in [-0.4, -0.2) is 15.3 Å². The van der Waals surface area contributed by atoms with Gasteiger partial charge >= 0.3 is 0 Å². The molecule has 0 aromatic carbocycles. The molecule has 0 fully saturated rings. The Morgan fingerprint density at radius 3 is 2.69 bits per heavy atom. The van der Waals surface area contributed by atoms with Crippen molar-refractivity contribution in [3.63, 3.8) is 0 Å². The van der Waals surface area contributed by atoms with Crippen molar-refractivity contribution in [3.8, 4) is 0 Å². The zero-order chi connectivity index (χ0) is 10.1. The molecule has 0 aliphatic carbocycles. The second-order valence-corrected chi connectivity index (χ2v) is 3.96. The van der Waals surface area contributed by atoms with Crippen LogP contribution in [0.4, 0.5) is 0 Å². The van der Waals surface area contributed by atoms with Gasteiger partial charge in [-0.1, -0.05) is 0 Å². The minimum atomic E-state index is -0.412. The van der Waals surface area contributed by atoms with Crippen LogP contribution in [0.3, 0.4) is 0 Å². The quantitative estimate of drug-likeness (QED) is 0.713. The van der Waals surface area contributed by atoms with Crippen LogP contribution in [0.1, 0.15) is 19.5 Å². The predicted molar refractivity (Wildman–Crippen MR) is 51.5 cm³/mol. The number of nitrogens with two attached hydrogens (primary N) is 1. The molecule has 0 saturated heterocycles. The summed E-state index contributed by atoms with van der Waals surface area (Å²) in [5.41, 5.74) is 6.09. The Balaban J connectivity index is 3.01. The molecule has 0 bridgehead atoms. The highest BCUT2D eigenvalue weighted by atomic mass is 16.1. The van der Waals surface area contributed by atoms with Gasteiger partial charge in [-0.3, -0.25) is 4.79 Å². The lowest BCUT2D eigenvalue weighted by Gasteiger charge is -2.18. The first-order valence-corrected chi connectivity index (χ1v) is 4.22. The third-order valence-electron chi connectivity index (χ3n) is 1.56. The summed E-state index contributed by atoms with van der Waals surface area (Å²) in [6.45, 7) is 6.01. The van der Waals surface area contributed by atoms with E-state index < -0.39 is 5.54 Å². The topological polar surface area (TPSA) is 60.9 Å². The molecule has 2 N–H and O–H groups in total. The number of rotatable bonds is 2. The van der Waals surface area contributed by atoms with E-state index in [1.54, 1.807) is 6.07 Å². The molecule has 0 aliphatic heterocycles. The maximum absolute atomic E-state index is 11.3. The van der Waals surface area contributed by atoms with Gasteiger partial charge < -0.3 is 5.73 Å². The average Bonchev–Trinajstić information content (AvgIpc) is 1.94. The van der Waals surface area contributed by atoms with Crippen molar-refractivity contribution in [2.24, 2.45) is 5.73 Å². The van der Waals surface area contributed by atoms with Crippen LogP contribution in [0.15, 0.2) is 16.9 Å². The average molecular weight is 181 g/mol. The van der Waals surface area contributed by atoms with E-state index in [-0.39, 0.29) is 5.56 Å². The van der Waals surface area contributed by atoms with Gasteiger partial charge in [0.1, 0.15) is 0 Å². The lowest BCUT2D eigenvalue weighted by molar-refractivity contribution is 0.394. The third kappa shape index (κ3) is 2.99. The van der Waals surface area contributed by atoms with Crippen molar-refractivity contribution in [3.05, 3.63) is 28.2 Å². The van der Waals surface area contributed by atoms with Gasteiger partial charge in [0.2, 0.25) is 0 Å². The summed E-state index contributed by atoms with van der Waals surface area (Å²) < 4.78 is 1.40. The fourth-order valence-corrected chi connectivity index (χ4v) is 1.05. The number of aromatic nitrogens is 2. The Bertz CT molecular complexity index is 349. The number of aryl methyl sites for hydroxylation is 1. The molecule has 0 aliphatic rings. The van der Waals surface area contributed by atoms with E-state index >= 15 is 0 Å². The summed E-state index contributed by atoms with van der Waals surface area (Å²) in [5.74, 6) is 0. The second kappa shape index (κ2) is 3.30. The summed E-state index contributed by atoms with van der Waals surface area (Å²) >= 11 is 0. The first-order valence-electron chi connectivity index (χ1n) is 4.22. The molecule has 1 aromatic heterocycles. The van der Waals surface area contributed by atoms with Crippen LogP contribution >= 0.6 is 0 Å². The van der Waals surface area contributed by atoms with E-state index in [0.717, 1.165) is 5.69 Å². The first-order chi connectivity index (χ1) is 5.88. The Labute approximate surface area is 77.4 Å². The van der Waals surface area contributed by atoms with E-state index in [2.05, 4.69) is 5.10 Å². The largest absolute Gasteiger partial charge is 0.324 e. The lowest BCUT2D eigenvalue weighted by atomic mass is 10.1. The van der Waals surface area contributed by atoms with E-state index in [0.29, 0.717) is 6.54 Å². The van der Waals surface area contributed by atoms with Crippen LogP contribution in [0, 0.1) is 6.92 Å². The molecule has 0 amide bonds. The van der Waals surface area contributed by atoms with Crippen molar-refractivity contribution in [1.29, 1.82) is 0 Å². The zero-order valence-corrected chi connectivity index (χ0v) is 8.24. The van der Waals surface area contributed by atoms with Crippen LogP contribution in [0.2, 0.25) is 0 Å². The smallest absolute Gasteiger partial charge is 0.266 e. The Morgan fingerprint density at radius 1 is 1.54 bits per heavy atom. The number of hydrogen-bond donors (Lipinski definition) is 1. The standard InChI is InChI=1S/C9H15N3O/c1-7-4-5-8(13)12(11-7)6-9(2,3)10/h4-5H,6,10H2,1-3H3. The molecule has 0 saturated carbocycles. The molecule has 0 spiro atoms. The molecule has 13 heavy (non-hydrogen) atoms. The van der Waals surface area contributed by atoms with Gasteiger partial charge in [0, 0.05) is 11.6 Å². The van der Waals surface area contributed by atoms with E-state index in [1.807, 2.05) is 20.8 Å². The fraction of sp³-hybridized carbons (Fsp3) is 0.556. The van der Waals surface area contributed by atoms with Gasteiger partial charge in [-0.25, -0.2) is 4.68 Å². The minimum Gasteiger partial charge on any atom is -0.324 e. The highest BCUT2D eigenvalue weighted by Crippen LogP contribution is 1.98. The summed E-state index contributed by atoms with van der Waals surface area (Å²) in [6, 6.07) is 3.20. The molecule has 1 heterocycles. The number of hydrogen-bond acceptors (Lipinski definition) is 3. The molecule has 1 aromatic rings. The molecule has 1 rings (SSSR count).